The fraction of sp³-hybridized carbons (Fsp3) is 0.550. The van der Waals surface area contributed by atoms with Crippen molar-refractivity contribution in [3.05, 3.63) is 29.3 Å². The highest BCUT2D eigenvalue weighted by Gasteiger charge is 2.37. The van der Waals surface area contributed by atoms with Gasteiger partial charge in [0, 0.05) is 12.6 Å². The van der Waals surface area contributed by atoms with Crippen molar-refractivity contribution in [2.24, 2.45) is 0 Å². The van der Waals surface area contributed by atoms with Gasteiger partial charge in [0.05, 0.1) is 24.3 Å². The molecule has 2 heterocycles. The van der Waals surface area contributed by atoms with Crippen molar-refractivity contribution in [2.45, 2.75) is 50.7 Å². The number of nitriles is 1. The first-order valence-electron chi connectivity index (χ1n) is 9.69. The number of esters is 1. The number of halogens is 2. The number of nitrogens with zero attached hydrogens (tertiary/aromatic N) is 2. The number of carbonyl (C=O) groups is 2. The van der Waals surface area contributed by atoms with Crippen molar-refractivity contribution in [1.82, 2.24) is 10.2 Å². The summed E-state index contributed by atoms with van der Waals surface area (Å²) in [6.45, 7) is 2.30. The van der Waals surface area contributed by atoms with Gasteiger partial charge in [0.2, 0.25) is 11.7 Å². The van der Waals surface area contributed by atoms with E-state index in [-0.39, 0.29) is 42.5 Å². The third-order valence-corrected chi connectivity index (χ3v) is 5.17. The van der Waals surface area contributed by atoms with Crippen LogP contribution in [-0.4, -0.2) is 54.7 Å². The molecule has 1 amide bonds. The summed E-state index contributed by atoms with van der Waals surface area (Å²) in [6.07, 6.45) is 2.68. The summed E-state index contributed by atoms with van der Waals surface area (Å²) in [4.78, 5) is 26.0. The molecule has 0 saturated carbocycles. The van der Waals surface area contributed by atoms with Crippen LogP contribution in [0.4, 0.5) is 8.78 Å². The minimum Gasteiger partial charge on any atom is -0.489 e. The molecule has 0 spiro atoms. The number of hydrogen-bond acceptors (Lipinski definition) is 6. The topological polar surface area (TPSA) is 91.7 Å². The maximum atomic E-state index is 14.0. The molecule has 0 unspecified atom stereocenters. The van der Waals surface area contributed by atoms with E-state index >= 15 is 0 Å². The van der Waals surface area contributed by atoms with Crippen molar-refractivity contribution in [2.75, 3.05) is 19.8 Å². The van der Waals surface area contributed by atoms with Gasteiger partial charge in [-0.3, -0.25) is 10.1 Å². The molecule has 3 rings (SSSR count). The molecule has 29 heavy (non-hydrogen) atoms. The van der Waals surface area contributed by atoms with Gasteiger partial charge < -0.3 is 14.4 Å². The molecule has 156 valence electrons. The Morgan fingerprint density at radius 1 is 1.31 bits per heavy atom. The molecule has 2 aliphatic rings. The van der Waals surface area contributed by atoms with E-state index in [0.717, 1.165) is 18.6 Å². The van der Waals surface area contributed by atoms with Gasteiger partial charge in [-0.2, -0.15) is 9.65 Å². The number of ether oxygens (including phenoxy) is 2. The lowest BCUT2D eigenvalue weighted by Crippen LogP contribution is -2.47. The summed E-state index contributed by atoms with van der Waals surface area (Å²) >= 11 is 0. The molecule has 1 N–H and O–H groups in total. The molecule has 1 aromatic carbocycles. The van der Waals surface area contributed by atoms with E-state index in [0.29, 0.717) is 25.8 Å². The van der Waals surface area contributed by atoms with Crippen molar-refractivity contribution in [3.8, 4) is 11.8 Å². The molecule has 1 aromatic rings. The maximum absolute atomic E-state index is 14.0. The van der Waals surface area contributed by atoms with Crippen LogP contribution in [0.3, 0.4) is 0 Å². The SMILES string of the molecule is CCOC(=O)c1cc(F)c(F)c(OC[C@H]2CC[C@@H](C(=O)N3CCC[C@H]3C#N)N2)c1. The van der Waals surface area contributed by atoms with Gasteiger partial charge in [-0.15, -0.1) is 0 Å². The average molecular weight is 407 g/mol. The highest BCUT2D eigenvalue weighted by atomic mass is 19.2. The van der Waals surface area contributed by atoms with Crippen LogP contribution >= 0.6 is 0 Å². The number of hydrogen-bond donors (Lipinski definition) is 1. The molecule has 0 bridgehead atoms. The first-order chi connectivity index (χ1) is 13.9. The maximum Gasteiger partial charge on any atom is 0.338 e. The normalized spacial score (nSPS) is 23.7. The molecular weight excluding hydrogens is 384 g/mol. The van der Waals surface area contributed by atoms with Crippen molar-refractivity contribution >= 4 is 11.9 Å². The van der Waals surface area contributed by atoms with Crippen LogP contribution in [0.25, 0.3) is 0 Å². The summed E-state index contributed by atoms with van der Waals surface area (Å²) < 4.78 is 38.0. The smallest absolute Gasteiger partial charge is 0.338 e. The Balaban J connectivity index is 1.59. The van der Waals surface area contributed by atoms with Crippen LogP contribution in [0.15, 0.2) is 12.1 Å². The Morgan fingerprint density at radius 3 is 2.83 bits per heavy atom. The van der Waals surface area contributed by atoms with E-state index in [4.69, 9.17) is 14.7 Å². The lowest BCUT2D eigenvalue weighted by atomic mass is 10.1. The van der Waals surface area contributed by atoms with E-state index in [1.807, 2.05) is 0 Å². The predicted octanol–water partition coefficient (Wildman–Crippen LogP) is 2.16. The first kappa shape index (κ1) is 21.0. The molecule has 2 saturated heterocycles. The van der Waals surface area contributed by atoms with Crippen LogP contribution in [0.2, 0.25) is 0 Å². The monoisotopic (exact) mass is 407 g/mol. The van der Waals surface area contributed by atoms with E-state index in [9.17, 15) is 18.4 Å². The molecular formula is C20H23F2N3O4. The minimum absolute atomic E-state index is 0.00803. The van der Waals surface area contributed by atoms with E-state index < -0.39 is 23.6 Å². The lowest BCUT2D eigenvalue weighted by Gasteiger charge is -2.24. The van der Waals surface area contributed by atoms with Crippen LogP contribution in [0.5, 0.6) is 5.75 Å². The third kappa shape index (κ3) is 4.65. The average Bonchev–Trinajstić information content (AvgIpc) is 3.38. The fourth-order valence-corrected chi connectivity index (χ4v) is 3.70. The number of nitrogens with one attached hydrogen (secondary N) is 1. The van der Waals surface area contributed by atoms with Gasteiger partial charge in [-0.05, 0) is 44.7 Å². The second kappa shape index (κ2) is 9.18. The second-order valence-corrected chi connectivity index (χ2v) is 7.11. The predicted molar refractivity (Wildman–Crippen MR) is 98.1 cm³/mol. The molecule has 0 aromatic heterocycles. The van der Waals surface area contributed by atoms with Gasteiger partial charge in [0.1, 0.15) is 12.6 Å². The molecule has 9 heteroatoms. The van der Waals surface area contributed by atoms with Crippen LogP contribution in [-0.2, 0) is 9.53 Å². The van der Waals surface area contributed by atoms with Crippen molar-refractivity contribution < 1.29 is 27.8 Å². The van der Waals surface area contributed by atoms with Crippen LogP contribution < -0.4 is 10.1 Å². The number of benzene rings is 1. The zero-order chi connectivity index (χ0) is 21.0. The molecule has 3 atom stereocenters. The van der Waals surface area contributed by atoms with E-state index in [2.05, 4.69) is 11.4 Å². The first-order valence-corrected chi connectivity index (χ1v) is 9.69. The van der Waals surface area contributed by atoms with Gasteiger partial charge in [-0.25, -0.2) is 9.18 Å². The summed E-state index contributed by atoms with van der Waals surface area (Å²) in [5.41, 5.74) is -0.134. The number of rotatable bonds is 6. The van der Waals surface area contributed by atoms with Crippen molar-refractivity contribution in [1.29, 1.82) is 5.26 Å². The molecule has 7 nitrogen and oxygen atoms in total. The highest BCUT2D eigenvalue weighted by Crippen LogP contribution is 2.25. The number of carbonyl (C=O) groups excluding carboxylic acids is 2. The minimum atomic E-state index is -1.20. The van der Waals surface area contributed by atoms with Crippen LogP contribution in [0, 0.1) is 23.0 Å². The van der Waals surface area contributed by atoms with Crippen molar-refractivity contribution in [3.63, 3.8) is 0 Å². The van der Waals surface area contributed by atoms with Crippen LogP contribution in [0.1, 0.15) is 43.0 Å². The largest absolute Gasteiger partial charge is 0.489 e. The summed E-state index contributed by atoms with van der Waals surface area (Å²) in [5, 5.41) is 12.3. The van der Waals surface area contributed by atoms with E-state index in [1.54, 1.807) is 11.8 Å². The molecule has 2 fully saturated rings. The number of amides is 1. The zero-order valence-electron chi connectivity index (χ0n) is 16.1. The summed E-state index contributed by atoms with van der Waals surface area (Å²) in [5.74, 6) is -3.64. The van der Waals surface area contributed by atoms with Gasteiger partial charge in [0.15, 0.2) is 11.6 Å². The Morgan fingerprint density at radius 2 is 2.10 bits per heavy atom. The zero-order valence-corrected chi connectivity index (χ0v) is 16.1. The Kier molecular flexibility index (Phi) is 6.64. The Hall–Kier alpha value is -2.73. The van der Waals surface area contributed by atoms with Gasteiger partial charge >= 0.3 is 5.97 Å². The Bertz CT molecular complexity index is 827. The quantitative estimate of drug-likeness (QED) is 0.727. The summed E-state index contributed by atoms with van der Waals surface area (Å²) in [7, 11) is 0. The molecule has 2 aliphatic heterocycles. The highest BCUT2D eigenvalue weighted by molar-refractivity contribution is 5.89. The number of likely N-dealkylation sites (tertiary alicyclic amines) is 1. The summed E-state index contributed by atoms with van der Waals surface area (Å²) in [6, 6.07) is 2.98. The standard InChI is InChI=1S/C20H23F2N3O4/c1-2-28-20(27)12-8-15(21)18(22)17(9-12)29-11-13-5-6-16(24-13)19(26)25-7-3-4-14(25)10-23/h8-9,13-14,16,24H,2-7,11H2,1H3/t13-,14+,16+/m1/s1. The second-order valence-electron chi connectivity index (χ2n) is 7.11. The molecule has 0 radical (unpaired) electrons. The fourth-order valence-electron chi connectivity index (χ4n) is 3.70. The molecule has 0 aliphatic carbocycles. The van der Waals surface area contributed by atoms with E-state index in [1.165, 1.54) is 0 Å². The third-order valence-electron chi connectivity index (χ3n) is 5.17. The Labute approximate surface area is 167 Å². The van der Waals surface area contributed by atoms with Gasteiger partial charge in [0.25, 0.3) is 0 Å². The lowest BCUT2D eigenvalue weighted by molar-refractivity contribution is -0.133. The van der Waals surface area contributed by atoms with Gasteiger partial charge in [-0.1, -0.05) is 0 Å².